The molecule has 1 atom stereocenters. The molecule has 4 heteroatoms. The van der Waals surface area contributed by atoms with Gasteiger partial charge < -0.3 is 15.4 Å². The Morgan fingerprint density at radius 2 is 2.06 bits per heavy atom. The Morgan fingerprint density at radius 1 is 1.33 bits per heavy atom. The van der Waals surface area contributed by atoms with Crippen molar-refractivity contribution in [3.8, 4) is 0 Å². The zero-order valence-electron chi connectivity index (χ0n) is 11.2. The molecule has 0 saturated heterocycles. The molecule has 0 aliphatic heterocycles. The largest absolute Gasteiger partial charge is 0.385 e. The second-order valence-corrected chi connectivity index (χ2v) is 5.18. The molecule has 0 fully saturated rings. The van der Waals surface area contributed by atoms with Gasteiger partial charge in [-0.15, -0.1) is 0 Å². The van der Waals surface area contributed by atoms with Crippen molar-refractivity contribution >= 4 is 11.0 Å². The first kappa shape index (κ1) is 13.1. The minimum absolute atomic E-state index is 0.508. The van der Waals surface area contributed by atoms with Gasteiger partial charge in [0.1, 0.15) is 11.9 Å². The number of rotatable bonds is 4. The molecule has 18 heavy (non-hydrogen) atoms. The van der Waals surface area contributed by atoms with Crippen molar-refractivity contribution in [3.63, 3.8) is 0 Å². The van der Waals surface area contributed by atoms with Crippen LogP contribution in [-0.2, 0) is 13.1 Å². The fourth-order valence-electron chi connectivity index (χ4n) is 2.20. The second-order valence-electron chi connectivity index (χ2n) is 5.18. The zero-order valence-corrected chi connectivity index (χ0v) is 11.2. The SMILES string of the molecule is CC(C)Cn1c([C@H](C)O)nc2cc(CN)ccc21. The van der Waals surface area contributed by atoms with E-state index < -0.39 is 6.10 Å². The number of aromatic nitrogens is 2. The van der Waals surface area contributed by atoms with Gasteiger partial charge in [-0.2, -0.15) is 0 Å². The predicted molar refractivity (Wildman–Crippen MR) is 73.1 cm³/mol. The van der Waals surface area contributed by atoms with E-state index in [9.17, 15) is 5.11 Å². The first-order valence-electron chi connectivity index (χ1n) is 6.40. The molecule has 1 aromatic heterocycles. The summed E-state index contributed by atoms with van der Waals surface area (Å²) in [5.74, 6) is 1.24. The molecule has 0 spiro atoms. The number of nitrogens with two attached hydrogens (primary N) is 1. The lowest BCUT2D eigenvalue weighted by molar-refractivity contribution is 0.183. The highest BCUT2D eigenvalue weighted by atomic mass is 16.3. The summed E-state index contributed by atoms with van der Waals surface area (Å²) in [6, 6.07) is 6.06. The third-order valence-corrected chi connectivity index (χ3v) is 3.00. The van der Waals surface area contributed by atoms with E-state index in [4.69, 9.17) is 5.73 Å². The standard InChI is InChI=1S/C14H21N3O/c1-9(2)8-17-13-5-4-11(7-15)6-12(13)16-14(17)10(3)18/h4-6,9-10,18H,7-8,15H2,1-3H3/t10-/m0/s1. The summed E-state index contributed by atoms with van der Waals surface area (Å²) in [5.41, 5.74) is 8.68. The Hall–Kier alpha value is -1.39. The minimum Gasteiger partial charge on any atom is -0.385 e. The molecule has 2 aromatic rings. The molecule has 0 saturated carbocycles. The van der Waals surface area contributed by atoms with Gasteiger partial charge in [0.05, 0.1) is 11.0 Å². The van der Waals surface area contributed by atoms with Crippen LogP contribution in [0.3, 0.4) is 0 Å². The van der Waals surface area contributed by atoms with Crippen LogP contribution in [0.2, 0.25) is 0 Å². The maximum absolute atomic E-state index is 9.84. The average Bonchev–Trinajstić information content (AvgIpc) is 2.66. The molecule has 0 aliphatic carbocycles. The van der Waals surface area contributed by atoms with E-state index >= 15 is 0 Å². The Labute approximate surface area is 107 Å². The first-order chi connectivity index (χ1) is 8.52. The first-order valence-corrected chi connectivity index (χ1v) is 6.40. The number of hydrogen-bond acceptors (Lipinski definition) is 3. The van der Waals surface area contributed by atoms with Gasteiger partial charge in [-0.05, 0) is 30.5 Å². The molecule has 0 radical (unpaired) electrons. The van der Waals surface area contributed by atoms with Crippen LogP contribution in [0.15, 0.2) is 18.2 Å². The van der Waals surface area contributed by atoms with E-state index in [2.05, 4.69) is 23.4 Å². The van der Waals surface area contributed by atoms with E-state index in [0.717, 1.165) is 29.0 Å². The van der Waals surface area contributed by atoms with Crippen molar-refractivity contribution in [2.24, 2.45) is 11.7 Å². The normalized spacial score (nSPS) is 13.4. The lowest BCUT2D eigenvalue weighted by atomic mass is 10.2. The van der Waals surface area contributed by atoms with Crippen molar-refractivity contribution in [1.82, 2.24) is 9.55 Å². The number of aliphatic hydroxyl groups is 1. The van der Waals surface area contributed by atoms with E-state index in [1.54, 1.807) is 6.92 Å². The summed E-state index contributed by atoms with van der Waals surface area (Å²) >= 11 is 0. The Kier molecular flexibility index (Phi) is 3.68. The second kappa shape index (κ2) is 5.08. The quantitative estimate of drug-likeness (QED) is 0.870. The van der Waals surface area contributed by atoms with E-state index in [-0.39, 0.29) is 0 Å². The lowest BCUT2D eigenvalue weighted by Crippen LogP contribution is -2.10. The highest BCUT2D eigenvalue weighted by Crippen LogP contribution is 2.23. The van der Waals surface area contributed by atoms with Crippen molar-refractivity contribution in [2.45, 2.75) is 40.0 Å². The van der Waals surface area contributed by atoms with E-state index in [1.165, 1.54) is 0 Å². The fourth-order valence-corrected chi connectivity index (χ4v) is 2.20. The summed E-state index contributed by atoms with van der Waals surface area (Å²) in [5, 5.41) is 9.84. The molecule has 1 heterocycles. The van der Waals surface area contributed by atoms with Crippen molar-refractivity contribution in [3.05, 3.63) is 29.6 Å². The summed E-state index contributed by atoms with van der Waals surface area (Å²) in [7, 11) is 0. The number of benzene rings is 1. The van der Waals surface area contributed by atoms with Crippen LogP contribution in [-0.4, -0.2) is 14.7 Å². The van der Waals surface area contributed by atoms with Crippen LogP contribution in [0.25, 0.3) is 11.0 Å². The summed E-state index contributed by atoms with van der Waals surface area (Å²) in [6.45, 7) is 7.44. The average molecular weight is 247 g/mol. The third kappa shape index (κ3) is 2.40. The molecular weight excluding hydrogens is 226 g/mol. The third-order valence-electron chi connectivity index (χ3n) is 3.00. The number of fused-ring (bicyclic) bond motifs is 1. The predicted octanol–water partition coefficient (Wildman–Crippen LogP) is 2.20. The molecular formula is C14H21N3O. The van der Waals surface area contributed by atoms with Crippen LogP contribution in [0, 0.1) is 5.92 Å². The van der Waals surface area contributed by atoms with Gasteiger partial charge in [0.25, 0.3) is 0 Å². The summed E-state index contributed by atoms with van der Waals surface area (Å²) in [6.07, 6.45) is -0.558. The maximum Gasteiger partial charge on any atom is 0.138 e. The van der Waals surface area contributed by atoms with Crippen LogP contribution in [0.5, 0.6) is 0 Å². The van der Waals surface area contributed by atoms with Crippen LogP contribution in [0.1, 0.15) is 38.3 Å². The summed E-state index contributed by atoms with van der Waals surface area (Å²) < 4.78 is 2.10. The van der Waals surface area contributed by atoms with Crippen LogP contribution >= 0.6 is 0 Å². The number of hydrogen-bond donors (Lipinski definition) is 2. The molecule has 3 N–H and O–H groups in total. The van der Waals surface area contributed by atoms with Gasteiger partial charge in [0, 0.05) is 13.1 Å². The minimum atomic E-state index is -0.558. The molecule has 4 nitrogen and oxygen atoms in total. The smallest absolute Gasteiger partial charge is 0.138 e. The van der Waals surface area contributed by atoms with Gasteiger partial charge in [-0.3, -0.25) is 0 Å². The van der Waals surface area contributed by atoms with Crippen molar-refractivity contribution in [1.29, 1.82) is 0 Å². The Morgan fingerprint density at radius 3 is 2.61 bits per heavy atom. The molecule has 0 bridgehead atoms. The summed E-state index contributed by atoms with van der Waals surface area (Å²) in [4.78, 5) is 4.53. The molecule has 98 valence electrons. The number of imidazole rings is 1. The van der Waals surface area contributed by atoms with Gasteiger partial charge in [0.15, 0.2) is 0 Å². The Balaban J connectivity index is 2.59. The van der Waals surface area contributed by atoms with Crippen LogP contribution < -0.4 is 5.73 Å². The molecule has 2 rings (SSSR count). The van der Waals surface area contributed by atoms with Crippen LogP contribution in [0.4, 0.5) is 0 Å². The van der Waals surface area contributed by atoms with Gasteiger partial charge in [-0.25, -0.2) is 4.98 Å². The van der Waals surface area contributed by atoms with Gasteiger partial charge >= 0.3 is 0 Å². The maximum atomic E-state index is 9.84. The molecule has 0 aliphatic rings. The highest BCUT2D eigenvalue weighted by Gasteiger charge is 2.15. The highest BCUT2D eigenvalue weighted by molar-refractivity contribution is 5.77. The number of nitrogens with zero attached hydrogens (tertiary/aromatic N) is 2. The number of aliphatic hydroxyl groups excluding tert-OH is 1. The van der Waals surface area contributed by atoms with E-state index in [0.29, 0.717) is 12.5 Å². The van der Waals surface area contributed by atoms with Crippen molar-refractivity contribution in [2.75, 3.05) is 0 Å². The topological polar surface area (TPSA) is 64.1 Å². The molecule has 1 aromatic carbocycles. The van der Waals surface area contributed by atoms with Gasteiger partial charge in [-0.1, -0.05) is 19.9 Å². The monoisotopic (exact) mass is 247 g/mol. The Bertz CT molecular complexity index is 543. The van der Waals surface area contributed by atoms with Gasteiger partial charge in [0.2, 0.25) is 0 Å². The zero-order chi connectivity index (χ0) is 13.3. The molecule has 0 unspecified atom stereocenters. The molecule has 0 amide bonds. The lowest BCUT2D eigenvalue weighted by Gasteiger charge is -2.13. The fraction of sp³-hybridized carbons (Fsp3) is 0.500. The van der Waals surface area contributed by atoms with Crippen molar-refractivity contribution < 1.29 is 5.11 Å². The van der Waals surface area contributed by atoms with E-state index in [1.807, 2.05) is 18.2 Å².